The molecule has 2 aromatic carbocycles. The molecular weight excluding hydrogens is 375 g/mol. The highest BCUT2D eigenvalue weighted by molar-refractivity contribution is 6.11. The first-order valence-electron chi connectivity index (χ1n) is 9.24. The van der Waals surface area contributed by atoms with Gasteiger partial charge >= 0.3 is 5.97 Å². The number of amides is 1. The molecule has 0 radical (unpaired) electrons. The number of methoxy groups -OCH3 is 1. The third-order valence-corrected chi connectivity index (χ3v) is 5.32. The van der Waals surface area contributed by atoms with E-state index in [2.05, 4.69) is 5.10 Å². The lowest BCUT2D eigenvalue weighted by atomic mass is 9.76. The Hall–Kier alpha value is -3.48. The highest BCUT2D eigenvalue weighted by Gasteiger charge is 2.40. The van der Waals surface area contributed by atoms with Crippen LogP contribution in [0, 0.1) is 17.7 Å². The maximum Gasteiger partial charge on any atom is 0.335 e. The van der Waals surface area contributed by atoms with Crippen molar-refractivity contribution in [3.05, 3.63) is 71.6 Å². The van der Waals surface area contributed by atoms with Crippen LogP contribution in [0.3, 0.4) is 0 Å². The van der Waals surface area contributed by atoms with Crippen LogP contribution >= 0.6 is 0 Å². The average Bonchev–Trinajstić information content (AvgIpc) is 2.74. The SMILES string of the molecule is COc1ccc(C2=NN(c3ccc(C(=O)O)cc3)C(=O)C3CC=CCC23)cc1F. The molecule has 4 rings (SSSR count). The molecule has 2 aliphatic rings. The van der Waals surface area contributed by atoms with Crippen molar-refractivity contribution in [2.24, 2.45) is 16.9 Å². The van der Waals surface area contributed by atoms with Crippen LogP contribution in [0.4, 0.5) is 10.1 Å². The molecule has 1 aliphatic heterocycles. The van der Waals surface area contributed by atoms with Crippen molar-refractivity contribution < 1.29 is 23.8 Å². The molecule has 0 spiro atoms. The van der Waals surface area contributed by atoms with Crippen LogP contribution in [-0.2, 0) is 4.79 Å². The summed E-state index contributed by atoms with van der Waals surface area (Å²) in [5, 5.41) is 15.0. The van der Waals surface area contributed by atoms with Crippen molar-refractivity contribution in [1.82, 2.24) is 0 Å². The number of hydrogen-bond donors (Lipinski definition) is 1. The zero-order valence-corrected chi connectivity index (χ0v) is 15.7. The van der Waals surface area contributed by atoms with Gasteiger partial charge in [-0.3, -0.25) is 4.79 Å². The van der Waals surface area contributed by atoms with E-state index < -0.39 is 11.8 Å². The number of halogens is 1. The maximum absolute atomic E-state index is 14.3. The van der Waals surface area contributed by atoms with Gasteiger partial charge in [-0.25, -0.2) is 14.2 Å². The number of carbonyl (C=O) groups excluding carboxylic acids is 1. The van der Waals surface area contributed by atoms with Gasteiger partial charge < -0.3 is 9.84 Å². The number of hydrogen-bond acceptors (Lipinski definition) is 4. The molecular formula is C22H19FN2O4. The number of rotatable bonds is 4. The molecule has 29 heavy (non-hydrogen) atoms. The van der Waals surface area contributed by atoms with Gasteiger partial charge in [0.15, 0.2) is 11.6 Å². The number of aromatic carboxylic acids is 1. The molecule has 2 atom stereocenters. The van der Waals surface area contributed by atoms with E-state index in [1.165, 1.54) is 30.3 Å². The number of allylic oxidation sites excluding steroid dienone is 2. The molecule has 0 saturated carbocycles. The molecule has 2 aromatic rings. The Morgan fingerprint density at radius 2 is 1.83 bits per heavy atom. The highest BCUT2D eigenvalue weighted by atomic mass is 19.1. The van der Waals surface area contributed by atoms with Crippen molar-refractivity contribution in [2.45, 2.75) is 12.8 Å². The Labute approximate surface area is 166 Å². The second-order valence-corrected chi connectivity index (χ2v) is 6.99. The highest BCUT2D eigenvalue weighted by Crippen LogP contribution is 2.37. The van der Waals surface area contributed by atoms with Gasteiger partial charge in [0.05, 0.1) is 30.0 Å². The molecule has 7 heteroatoms. The minimum Gasteiger partial charge on any atom is -0.494 e. The number of carboxylic acid groups (broad SMARTS) is 1. The standard InChI is InChI=1S/C22H19FN2O4/c1-29-19-11-8-14(12-18(19)23)20-16-4-2-3-5-17(16)21(26)25(24-20)15-9-6-13(7-10-15)22(27)28/h2-3,6-12,16-17H,4-5H2,1H3,(H,27,28). The number of fused-ring (bicyclic) bond motifs is 1. The fourth-order valence-corrected chi connectivity index (χ4v) is 3.81. The van der Waals surface area contributed by atoms with Gasteiger partial charge in [-0.1, -0.05) is 12.2 Å². The molecule has 1 aliphatic carbocycles. The monoisotopic (exact) mass is 394 g/mol. The van der Waals surface area contributed by atoms with Crippen LogP contribution < -0.4 is 9.75 Å². The lowest BCUT2D eigenvalue weighted by Gasteiger charge is -2.36. The van der Waals surface area contributed by atoms with Gasteiger partial charge in [-0.15, -0.1) is 0 Å². The largest absolute Gasteiger partial charge is 0.494 e. The van der Waals surface area contributed by atoms with Gasteiger partial charge in [-0.2, -0.15) is 5.10 Å². The van der Waals surface area contributed by atoms with Crippen LogP contribution in [0.5, 0.6) is 5.75 Å². The Bertz CT molecular complexity index is 1030. The van der Waals surface area contributed by atoms with Crippen molar-refractivity contribution >= 4 is 23.3 Å². The van der Waals surface area contributed by atoms with E-state index in [1.54, 1.807) is 24.3 Å². The second kappa shape index (κ2) is 7.50. The van der Waals surface area contributed by atoms with Crippen molar-refractivity contribution in [2.75, 3.05) is 12.1 Å². The number of ether oxygens (including phenoxy) is 1. The number of carboxylic acids is 1. The number of anilines is 1. The molecule has 0 fully saturated rings. The summed E-state index contributed by atoms with van der Waals surface area (Å²) in [5.74, 6) is -2.00. The molecule has 6 nitrogen and oxygen atoms in total. The quantitative estimate of drug-likeness (QED) is 0.799. The molecule has 1 amide bonds. The zero-order valence-electron chi connectivity index (χ0n) is 15.7. The van der Waals surface area contributed by atoms with Crippen LogP contribution in [0.2, 0.25) is 0 Å². The number of nitrogens with zero attached hydrogens (tertiary/aromatic N) is 2. The van der Waals surface area contributed by atoms with E-state index in [1.807, 2.05) is 12.2 Å². The lowest BCUT2D eigenvalue weighted by molar-refractivity contribution is -0.123. The van der Waals surface area contributed by atoms with Crippen LogP contribution in [0.1, 0.15) is 28.8 Å². The summed E-state index contributed by atoms with van der Waals surface area (Å²) in [6.45, 7) is 0. The summed E-state index contributed by atoms with van der Waals surface area (Å²) in [7, 11) is 1.40. The fourth-order valence-electron chi connectivity index (χ4n) is 3.81. The number of benzene rings is 2. The molecule has 148 valence electrons. The van der Waals surface area contributed by atoms with Gasteiger partial charge in [0.2, 0.25) is 0 Å². The summed E-state index contributed by atoms with van der Waals surface area (Å²) >= 11 is 0. The first-order chi connectivity index (χ1) is 14.0. The zero-order chi connectivity index (χ0) is 20.5. The summed E-state index contributed by atoms with van der Waals surface area (Å²) in [6.07, 6.45) is 5.21. The van der Waals surface area contributed by atoms with Gasteiger partial charge in [-0.05, 0) is 55.3 Å². The first kappa shape index (κ1) is 18.9. The van der Waals surface area contributed by atoms with Crippen molar-refractivity contribution in [1.29, 1.82) is 0 Å². The maximum atomic E-state index is 14.3. The number of hydrazone groups is 1. The third kappa shape index (κ3) is 3.40. The first-order valence-corrected chi connectivity index (χ1v) is 9.24. The lowest BCUT2D eigenvalue weighted by Crippen LogP contribution is -2.45. The molecule has 2 unspecified atom stereocenters. The van der Waals surface area contributed by atoms with Gasteiger partial charge in [0.25, 0.3) is 5.91 Å². The second-order valence-electron chi connectivity index (χ2n) is 6.99. The minimum atomic E-state index is -1.04. The van der Waals surface area contributed by atoms with Crippen LogP contribution in [-0.4, -0.2) is 29.8 Å². The average molecular weight is 394 g/mol. The predicted molar refractivity (Wildman–Crippen MR) is 106 cm³/mol. The van der Waals surface area contributed by atoms with E-state index >= 15 is 0 Å². The van der Waals surface area contributed by atoms with E-state index in [0.717, 1.165) is 0 Å². The van der Waals surface area contributed by atoms with Gasteiger partial charge in [0.1, 0.15) is 0 Å². The summed E-state index contributed by atoms with van der Waals surface area (Å²) in [6, 6.07) is 10.6. The van der Waals surface area contributed by atoms with Crippen molar-refractivity contribution in [3.63, 3.8) is 0 Å². The van der Waals surface area contributed by atoms with E-state index in [4.69, 9.17) is 9.84 Å². The van der Waals surface area contributed by atoms with E-state index in [-0.39, 0.29) is 29.1 Å². The van der Waals surface area contributed by atoms with E-state index in [9.17, 15) is 14.0 Å². The summed E-state index contributed by atoms with van der Waals surface area (Å²) in [4.78, 5) is 24.2. The topological polar surface area (TPSA) is 79.2 Å². The molecule has 1 N–H and O–H groups in total. The van der Waals surface area contributed by atoms with Gasteiger partial charge in [0, 0.05) is 11.5 Å². The number of carbonyl (C=O) groups is 2. The van der Waals surface area contributed by atoms with Crippen LogP contribution in [0.15, 0.2) is 59.7 Å². The Morgan fingerprint density at radius 1 is 1.14 bits per heavy atom. The molecule has 0 aromatic heterocycles. The molecule has 0 saturated heterocycles. The molecule has 0 bridgehead atoms. The minimum absolute atomic E-state index is 0.123. The Kier molecular flexibility index (Phi) is 4.88. The normalized spacial score (nSPS) is 20.8. The summed E-state index contributed by atoms with van der Waals surface area (Å²) < 4.78 is 19.3. The molecule has 1 heterocycles. The Morgan fingerprint density at radius 3 is 2.45 bits per heavy atom. The smallest absolute Gasteiger partial charge is 0.335 e. The fraction of sp³-hybridized carbons (Fsp3) is 0.227. The third-order valence-electron chi connectivity index (χ3n) is 5.32. The Balaban J connectivity index is 1.79. The van der Waals surface area contributed by atoms with E-state index in [0.29, 0.717) is 29.8 Å². The van der Waals surface area contributed by atoms with Crippen molar-refractivity contribution in [3.8, 4) is 5.75 Å². The summed E-state index contributed by atoms with van der Waals surface area (Å²) in [5.41, 5.74) is 1.81. The predicted octanol–water partition coefficient (Wildman–Crippen LogP) is 3.87. The van der Waals surface area contributed by atoms with Crippen LogP contribution in [0.25, 0.3) is 0 Å².